The van der Waals surface area contributed by atoms with Gasteiger partial charge >= 0.3 is 18.0 Å². The number of para-hydroxylation sites is 2. The zero-order valence-electron chi connectivity index (χ0n) is 46.8. The molecular formula is C60H58Cl2F4N14O5. The third kappa shape index (κ3) is 14.9. The molecule has 5 amide bonds. The van der Waals surface area contributed by atoms with E-state index in [1.807, 2.05) is 51.0 Å². The van der Waals surface area contributed by atoms with Crippen LogP contribution in [0.15, 0.2) is 121 Å². The molecule has 2 aliphatic heterocycles. The number of halogens is 6. The van der Waals surface area contributed by atoms with Crippen molar-refractivity contribution in [2.45, 2.75) is 26.9 Å². The van der Waals surface area contributed by atoms with Crippen LogP contribution in [-0.4, -0.2) is 113 Å². The number of aryl methyl sites for hydroxylation is 2. The highest BCUT2D eigenvalue weighted by Gasteiger charge is 2.36. The fourth-order valence-corrected chi connectivity index (χ4v) is 9.22. The topological polar surface area (TPSA) is 239 Å². The molecule has 0 atom stereocenters. The predicted octanol–water partition coefficient (Wildman–Crippen LogP) is 11.7. The van der Waals surface area contributed by atoms with Gasteiger partial charge in [0.05, 0.1) is 30.0 Å². The maximum atomic E-state index is 14.9. The second-order valence-corrected chi connectivity index (χ2v) is 20.7. The molecule has 25 heteroatoms. The molecule has 440 valence electrons. The quantitative estimate of drug-likeness (QED) is 0.0373. The van der Waals surface area contributed by atoms with Crippen LogP contribution in [0.2, 0.25) is 10.0 Å². The minimum Gasteiger partial charge on any atom is -0.478 e. The van der Waals surface area contributed by atoms with E-state index in [4.69, 9.17) is 33.9 Å². The fraction of sp³-hybridized carbons (Fsp3) is 0.200. The third-order valence-corrected chi connectivity index (χ3v) is 13.5. The molecule has 85 heavy (non-hydrogen) atoms. The lowest BCUT2D eigenvalue weighted by Crippen LogP contribution is -2.43. The number of anilines is 8. The molecule has 4 heterocycles. The Morgan fingerprint density at radius 2 is 1.02 bits per heavy atom. The standard InChI is InChI=1S/C30H28ClF2N7O2.C24H24F2N6O3.C6H6ClN/c1-17-10-11-18(28(41)36-20-7-4-6-19(31)15-20)14-21(17)25-22-16-35-30(42)40(26-23(32)8-5-9-24(26)33)27(22)38-29(37-25)34-12-13-39(2)3;1-13-7-8-14(22(33)34)11-15(13)19-16-12-28-24(35)32(20-17(25)5-4-6-18(20)26)21(16)30-23(29-19)27-9-10-31(2)3;7-5-2-1-3-6(8)4-5/h4-11,14-15H,12-13,16H2,1-3H3,(H,35,42)(H,36,41)(H,34,37,38);4-8,11H,9-10,12H2,1-3H3,(H,28,35)(H,33,34)(H,27,29,30);1-4H,8H2. The monoisotopic (exact) mass is 1200 g/mol. The molecule has 2 aliphatic rings. The summed E-state index contributed by atoms with van der Waals surface area (Å²) in [5.41, 5.74) is 10.1. The summed E-state index contributed by atoms with van der Waals surface area (Å²) in [6, 6.07) is 28.9. The van der Waals surface area contributed by atoms with Gasteiger partial charge in [-0.3, -0.25) is 4.79 Å². The van der Waals surface area contributed by atoms with Crippen molar-refractivity contribution in [3.05, 3.63) is 188 Å². The summed E-state index contributed by atoms with van der Waals surface area (Å²) < 4.78 is 59.4. The summed E-state index contributed by atoms with van der Waals surface area (Å²) in [7, 11) is 7.62. The first-order valence-electron chi connectivity index (χ1n) is 26.2. The van der Waals surface area contributed by atoms with Crippen molar-refractivity contribution >= 4 is 93.4 Å². The smallest absolute Gasteiger partial charge is 0.335 e. The number of amides is 5. The van der Waals surface area contributed by atoms with Gasteiger partial charge in [-0.1, -0.05) is 59.6 Å². The van der Waals surface area contributed by atoms with Gasteiger partial charge in [0, 0.05) is 75.4 Å². The summed E-state index contributed by atoms with van der Waals surface area (Å²) in [5, 5.41) is 25.0. The Labute approximate surface area is 496 Å². The van der Waals surface area contributed by atoms with Crippen LogP contribution in [0.5, 0.6) is 0 Å². The first-order chi connectivity index (χ1) is 40.6. The summed E-state index contributed by atoms with van der Waals surface area (Å²) in [6.07, 6.45) is 0. The van der Waals surface area contributed by atoms with E-state index in [2.05, 4.69) is 41.5 Å². The number of likely N-dealkylation sites (N-methyl/N-ethyl adjacent to an activating group) is 2. The van der Waals surface area contributed by atoms with Gasteiger partial charge in [-0.05, 0) is 138 Å². The van der Waals surface area contributed by atoms with Gasteiger partial charge < -0.3 is 47.2 Å². The number of rotatable bonds is 15. The third-order valence-electron chi connectivity index (χ3n) is 13.1. The van der Waals surface area contributed by atoms with Gasteiger partial charge in [0.15, 0.2) is 11.6 Å². The number of nitrogen functional groups attached to an aromatic ring is 1. The number of carbonyl (C=O) groups is 4. The van der Waals surface area contributed by atoms with Crippen LogP contribution in [0.1, 0.15) is 43.0 Å². The lowest BCUT2D eigenvalue weighted by Gasteiger charge is -2.31. The first-order valence-corrected chi connectivity index (χ1v) is 27.0. The molecule has 0 saturated carbocycles. The molecule has 0 radical (unpaired) electrons. The van der Waals surface area contributed by atoms with Crippen LogP contribution in [0.3, 0.4) is 0 Å². The van der Waals surface area contributed by atoms with Gasteiger partial charge in [-0.25, -0.2) is 51.7 Å². The summed E-state index contributed by atoms with van der Waals surface area (Å²) in [4.78, 5) is 74.7. The highest BCUT2D eigenvalue weighted by Crippen LogP contribution is 2.41. The number of aromatic nitrogens is 4. The molecular weight excluding hydrogens is 1140 g/mol. The summed E-state index contributed by atoms with van der Waals surface area (Å²) >= 11 is 11.6. The van der Waals surface area contributed by atoms with Crippen molar-refractivity contribution in [2.75, 3.05) is 85.9 Å². The summed E-state index contributed by atoms with van der Waals surface area (Å²) in [6.45, 7) is 5.88. The molecule has 19 nitrogen and oxygen atoms in total. The van der Waals surface area contributed by atoms with Gasteiger partial charge in [0.1, 0.15) is 34.6 Å². The van der Waals surface area contributed by atoms with Crippen LogP contribution >= 0.6 is 23.2 Å². The average Bonchev–Trinajstić information content (AvgIpc) is 1.09. The Bertz CT molecular complexity index is 3780. The zero-order chi connectivity index (χ0) is 61.2. The molecule has 0 saturated heterocycles. The molecule has 0 unspecified atom stereocenters. The molecule has 8 N–H and O–H groups in total. The lowest BCUT2D eigenvalue weighted by molar-refractivity contribution is 0.0696. The maximum Gasteiger partial charge on any atom is 0.335 e. The van der Waals surface area contributed by atoms with Crippen molar-refractivity contribution < 1.29 is 41.8 Å². The maximum absolute atomic E-state index is 14.9. The molecule has 6 aromatic carbocycles. The van der Waals surface area contributed by atoms with Crippen molar-refractivity contribution in [2.24, 2.45) is 0 Å². The van der Waals surface area contributed by atoms with E-state index >= 15 is 0 Å². The van der Waals surface area contributed by atoms with Crippen LogP contribution in [-0.2, 0) is 13.1 Å². The van der Waals surface area contributed by atoms with E-state index in [1.165, 1.54) is 24.3 Å². The Kier molecular flexibility index (Phi) is 19.8. The SMILES string of the molecule is Cc1ccc(C(=O)Nc2cccc(Cl)c2)cc1-c1nc(NCCN(C)C)nc2c1CNC(=O)N2c1c(F)cccc1F.Cc1ccc(C(=O)O)cc1-c1nc(NCCN(C)C)nc2c1CNC(=O)N2c1c(F)cccc1F.Nc1cccc(Cl)c1. The zero-order valence-corrected chi connectivity index (χ0v) is 48.3. The van der Waals surface area contributed by atoms with E-state index in [0.29, 0.717) is 86.8 Å². The van der Waals surface area contributed by atoms with E-state index in [1.54, 1.807) is 73.7 Å². The van der Waals surface area contributed by atoms with Crippen LogP contribution in [0.25, 0.3) is 22.5 Å². The van der Waals surface area contributed by atoms with Crippen molar-refractivity contribution in [3.63, 3.8) is 0 Å². The molecule has 0 bridgehead atoms. The number of benzene rings is 6. The number of fused-ring (bicyclic) bond motifs is 2. The van der Waals surface area contributed by atoms with Gasteiger partial charge in [-0.2, -0.15) is 9.97 Å². The molecule has 10 rings (SSSR count). The lowest BCUT2D eigenvalue weighted by atomic mass is 9.97. The van der Waals surface area contributed by atoms with Gasteiger partial charge in [0.2, 0.25) is 11.9 Å². The second kappa shape index (κ2) is 27.3. The average molecular weight is 1200 g/mol. The number of hydrogen-bond donors (Lipinski definition) is 7. The molecule has 0 aliphatic carbocycles. The number of nitrogens with one attached hydrogen (secondary N) is 5. The Hall–Kier alpha value is -9.42. The molecule has 2 aromatic heterocycles. The van der Waals surface area contributed by atoms with Gasteiger partial charge in [0.25, 0.3) is 5.91 Å². The normalized spacial score (nSPS) is 12.4. The van der Waals surface area contributed by atoms with E-state index < -0.39 is 52.7 Å². The highest BCUT2D eigenvalue weighted by molar-refractivity contribution is 6.31. The fourth-order valence-electron chi connectivity index (χ4n) is 8.83. The number of carboxylic acids is 1. The number of carboxylic acid groups (broad SMARTS) is 1. The minimum absolute atomic E-state index is 0.00638. The van der Waals surface area contributed by atoms with E-state index in [9.17, 15) is 41.8 Å². The number of nitrogens with zero attached hydrogens (tertiary/aromatic N) is 8. The first kappa shape index (κ1) is 61.6. The van der Waals surface area contributed by atoms with E-state index in [-0.39, 0.29) is 48.1 Å². The van der Waals surface area contributed by atoms with E-state index in [0.717, 1.165) is 45.2 Å². The Morgan fingerprint density at radius 1 is 0.600 bits per heavy atom. The predicted molar refractivity (Wildman–Crippen MR) is 322 cm³/mol. The largest absolute Gasteiger partial charge is 0.478 e. The highest BCUT2D eigenvalue weighted by atomic mass is 35.5. The second-order valence-electron chi connectivity index (χ2n) is 19.9. The van der Waals surface area contributed by atoms with Crippen molar-refractivity contribution in [3.8, 4) is 22.5 Å². The number of hydrogen-bond acceptors (Lipinski definition) is 13. The number of urea groups is 2. The summed E-state index contributed by atoms with van der Waals surface area (Å²) in [5.74, 6) is -4.84. The van der Waals surface area contributed by atoms with Crippen molar-refractivity contribution in [1.29, 1.82) is 0 Å². The van der Waals surface area contributed by atoms with Gasteiger partial charge in [-0.15, -0.1) is 0 Å². The number of nitrogens with two attached hydrogens (primary N) is 1. The van der Waals surface area contributed by atoms with Crippen molar-refractivity contribution in [1.82, 2.24) is 40.4 Å². The molecule has 0 spiro atoms. The minimum atomic E-state index is -1.11. The number of aromatic carboxylic acids is 1. The Balaban J connectivity index is 0.000000198. The Morgan fingerprint density at radius 3 is 1.44 bits per heavy atom. The van der Waals surface area contributed by atoms with Crippen LogP contribution in [0.4, 0.5) is 73.4 Å². The van der Waals surface area contributed by atoms with Crippen LogP contribution in [0, 0.1) is 37.1 Å². The molecule has 8 aromatic rings. The molecule has 0 fully saturated rings. The van der Waals surface area contributed by atoms with Crippen LogP contribution < -0.4 is 42.1 Å². The number of carbonyl (C=O) groups excluding carboxylic acids is 3.